The van der Waals surface area contributed by atoms with Gasteiger partial charge in [-0.15, -0.1) is 0 Å². The molecule has 1 aromatic heterocycles. The Bertz CT molecular complexity index is 670. The summed E-state index contributed by atoms with van der Waals surface area (Å²) in [6.45, 7) is 12.9. The van der Waals surface area contributed by atoms with Crippen LogP contribution in [0.1, 0.15) is 44.5 Å². The minimum absolute atomic E-state index is 0.375. The van der Waals surface area contributed by atoms with E-state index in [1.54, 1.807) is 18.2 Å². The number of rotatable bonds is 5. The van der Waals surface area contributed by atoms with Gasteiger partial charge in [0.25, 0.3) is 0 Å². The molecule has 2 aliphatic heterocycles. The molecular formula is C18H32N4O2S. The molecule has 1 N–H and O–H groups in total. The van der Waals surface area contributed by atoms with E-state index in [1.807, 2.05) is 0 Å². The molecule has 1 unspecified atom stereocenters. The molecule has 25 heavy (non-hydrogen) atoms. The lowest BCUT2D eigenvalue weighted by molar-refractivity contribution is 0.139. The lowest BCUT2D eigenvalue weighted by Gasteiger charge is -2.35. The van der Waals surface area contributed by atoms with E-state index >= 15 is 0 Å². The minimum atomic E-state index is -3.43. The predicted molar refractivity (Wildman–Crippen MR) is 98.9 cm³/mol. The Morgan fingerprint density at radius 3 is 2.32 bits per heavy atom. The second-order valence-corrected chi connectivity index (χ2v) is 10.1. The van der Waals surface area contributed by atoms with Gasteiger partial charge in [0.15, 0.2) is 0 Å². The van der Waals surface area contributed by atoms with Crippen molar-refractivity contribution in [1.29, 1.82) is 0 Å². The smallest absolute Gasteiger partial charge is 0.246 e. The predicted octanol–water partition coefficient (Wildman–Crippen LogP) is 2.41. The van der Waals surface area contributed by atoms with Crippen LogP contribution in [0.5, 0.6) is 0 Å². The number of aromatic nitrogens is 2. The third-order valence-electron chi connectivity index (χ3n) is 5.77. The maximum absolute atomic E-state index is 13.0. The molecule has 1 atom stereocenters. The molecule has 7 heteroatoms. The van der Waals surface area contributed by atoms with Gasteiger partial charge in [0.1, 0.15) is 4.90 Å². The molecule has 0 amide bonds. The Kier molecular flexibility index (Phi) is 5.56. The number of sulfonamides is 1. The SMILES string of the molecule is Cc1n[nH]c(C)c1S(=O)(=O)N1CCC(C2CCN(CC(C)C)CC2)C1. The molecule has 3 rings (SSSR count). The lowest BCUT2D eigenvalue weighted by atomic mass is 9.83. The second-order valence-electron chi connectivity index (χ2n) is 8.21. The number of aromatic amines is 1. The summed E-state index contributed by atoms with van der Waals surface area (Å²) in [6.07, 6.45) is 3.40. The summed E-state index contributed by atoms with van der Waals surface area (Å²) >= 11 is 0. The highest BCUT2D eigenvalue weighted by molar-refractivity contribution is 7.89. The van der Waals surface area contributed by atoms with Gasteiger partial charge in [-0.3, -0.25) is 5.10 Å². The molecule has 0 saturated carbocycles. The number of H-pyrrole nitrogens is 1. The molecule has 142 valence electrons. The Balaban J connectivity index is 1.61. The first-order valence-electron chi connectivity index (χ1n) is 9.53. The first-order valence-corrected chi connectivity index (χ1v) is 11.0. The average Bonchev–Trinajstić information content (AvgIpc) is 3.15. The van der Waals surface area contributed by atoms with Gasteiger partial charge in [-0.25, -0.2) is 8.42 Å². The molecule has 2 saturated heterocycles. The van der Waals surface area contributed by atoms with Gasteiger partial charge in [0, 0.05) is 19.6 Å². The molecule has 0 aliphatic carbocycles. The maximum atomic E-state index is 13.0. The molecule has 0 spiro atoms. The zero-order valence-corrected chi connectivity index (χ0v) is 16.8. The topological polar surface area (TPSA) is 69.3 Å². The van der Waals surface area contributed by atoms with E-state index in [1.165, 1.54) is 19.4 Å². The molecular weight excluding hydrogens is 336 g/mol. The highest BCUT2D eigenvalue weighted by Crippen LogP contribution is 2.35. The van der Waals surface area contributed by atoms with E-state index in [9.17, 15) is 8.42 Å². The first kappa shape index (κ1) is 18.9. The fourth-order valence-electron chi connectivity index (χ4n) is 4.53. The van der Waals surface area contributed by atoms with Crippen LogP contribution in [0.4, 0.5) is 0 Å². The van der Waals surface area contributed by atoms with E-state index < -0.39 is 10.0 Å². The average molecular weight is 369 g/mol. The molecule has 0 aromatic carbocycles. The van der Waals surface area contributed by atoms with Crippen LogP contribution in [-0.4, -0.2) is 60.5 Å². The van der Waals surface area contributed by atoms with Gasteiger partial charge in [-0.05, 0) is 64.0 Å². The van der Waals surface area contributed by atoms with Crippen molar-refractivity contribution in [3.63, 3.8) is 0 Å². The van der Waals surface area contributed by atoms with Crippen LogP contribution in [0.3, 0.4) is 0 Å². The van der Waals surface area contributed by atoms with Gasteiger partial charge in [0.05, 0.1) is 11.4 Å². The zero-order valence-electron chi connectivity index (χ0n) is 16.0. The Morgan fingerprint density at radius 2 is 1.76 bits per heavy atom. The number of nitrogens with zero attached hydrogens (tertiary/aromatic N) is 3. The van der Waals surface area contributed by atoms with Crippen molar-refractivity contribution in [2.75, 3.05) is 32.7 Å². The largest absolute Gasteiger partial charge is 0.303 e. The normalized spacial score (nSPS) is 24.4. The summed E-state index contributed by atoms with van der Waals surface area (Å²) in [7, 11) is -3.43. The van der Waals surface area contributed by atoms with Crippen LogP contribution in [-0.2, 0) is 10.0 Å². The molecule has 0 bridgehead atoms. The fraction of sp³-hybridized carbons (Fsp3) is 0.833. The third-order valence-corrected chi connectivity index (χ3v) is 7.90. The fourth-order valence-corrected chi connectivity index (χ4v) is 6.37. The van der Waals surface area contributed by atoms with E-state index in [0.29, 0.717) is 47.1 Å². The van der Waals surface area contributed by atoms with Crippen molar-refractivity contribution in [3.8, 4) is 0 Å². The monoisotopic (exact) mass is 368 g/mol. The minimum Gasteiger partial charge on any atom is -0.303 e. The molecule has 1 aromatic rings. The van der Waals surface area contributed by atoms with Crippen molar-refractivity contribution >= 4 is 10.0 Å². The Morgan fingerprint density at radius 1 is 1.12 bits per heavy atom. The van der Waals surface area contributed by atoms with Gasteiger partial charge in [-0.1, -0.05) is 13.8 Å². The molecule has 0 radical (unpaired) electrons. The van der Waals surface area contributed by atoms with Gasteiger partial charge in [0.2, 0.25) is 10.0 Å². The van der Waals surface area contributed by atoms with Crippen LogP contribution in [0, 0.1) is 31.6 Å². The van der Waals surface area contributed by atoms with Crippen molar-refractivity contribution in [3.05, 3.63) is 11.4 Å². The van der Waals surface area contributed by atoms with Crippen LogP contribution < -0.4 is 0 Å². The van der Waals surface area contributed by atoms with Crippen LogP contribution in [0.25, 0.3) is 0 Å². The lowest BCUT2D eigenvalue weighted by Crippen LogP contribution is -2.39. The number of piperidine rings is 1. The first-order chi connectivity index (χ1) is 11.8. The summed E-state index contributed by atoms with van der Waals surface area (Å²) in [4.78, 5) is 2.93. The van der Waals surface area contributed by atoms with E-state index in [0.717, 1.165) is 19.5 Å². The van der Waals surface area contributed by atoms with E-state index in [-0.39, 0.29) is 0 Å². The van der Waals surface area contributed by atoms with Crippen molar-refractivity contribution in [1.82, 2.24) is 19.4 Å². The quantitative estimate of drug-likeness (QED) is 0.866. The van der Waals surface area contributed by atoms with E-state index in [2.05, 4.69) is 28.9 Å². The van der Waals surface area contributed by atoms with E-state index in [4.69, 9.17) is 0 Å². The summed E-state index contributed by atoms with van der Waals surface area (Å²) in [6, 6.07) is 0. The highest BCUT2D eigenvalue weighted by atomic mass is 32.2. The summed E-state index contributed by atoms with van der Waals surface area (Å²) in [5.41, 5.74) is 1.21. The molecule has 3 heterocycles. The Hall–Kier alpha value is -0.920. The molecule has 2 aliphatic rings. The van der Waals surface area contributed by atoms with Crippen molar-refractivity contribution < 1.29 is 8.42 Å². The van der Waals surface area contributed by atoms with Crippen molar-refractivity contribution in [2.24, 2.45) is 17.8 Å². The number of aryl methyl sites for hydroxylation is 2. The zero-order chi connectivity index (χ0) is 18.2. The van der Waals surface area contributed by atoms with Crippen LogP contribution >= 0.6 is 0 Å². The summed E-state index contributed by atoms with van der Waals surface area (Å²) in [5, 5.41) is 6.86. The van der Waals surface area contributed by atoms with Crippen molar-refractivity contribution in [2.45, 2.75) is 51.9 Å². The van der Waals surface area contributed by atoms with Crippen LogP contribution in [0.2, 0.25) is 0 Å². The van der Waals surface area contributed by atoms with Gasteiger partial charge >= 0.3 is 0 Å². The highest BCUT2D eigenvalue weighted by Gasteiger charge is 2.38. The number of hydrogen-bond donors (Lipinski definition) is 1. The number of nitrogens with one attached hydrogen (secondary N) is 1. The maximum Gasteiger partial charge on any atom is 0.246 e. The number of likely N-dealkylation sites (tertiary alicyclic amines) is 1. The Labute approximate surface area is 152 Å². The van der Waals surface area contributed by atoms with Crippen LogP contribution in [0.15, 0.2) is 4.90 Å². The third kappa shape index (κ3) is 3.93. The van der Waals surface area contributed by atoms with Gasteiger partial charge < -0.3 is 4.90 Å². The molecule has 6 nitrogen and oxygen atoms in total. The summed E-state index contributed by atoms with van der Waals surface area (Å²) < 4.78 is 27.7. The standard InChI is InChI=1S/C18H32N4O2S/c1-13(2)11-21-8-5-16(6-9-21)17-7-10-22(12-17)25(23,24)18-14(3)19-20-15(18)4/h13,16-17H,5-12H2,1-4H3,(H,19,20). The number of hydrogen-bond acceptors (Lipinski definition) is 4. The van der Waals surface area contributed by atoms with Gasteiger partial charge in [-0.2, -0.15) is 9.40 Å². The molecule has 2 fully saturated rings. The second kappa shape index (κ2) is 7.37. The summed E-state index contributed by atoms with van der Waals surface area (Å²) in [5.74, 6) is 1.88.